The highest BCUT2D eigenvalue weighted by molar-refractivity contribution is 5.95. The molecule has 166 valence electrons. The first kappa shape index (κ1) is 23.7. The lowest BCUT2D eigenvalue weighted by Crippen LogP contribution is -2.40. The van der Waals surface area contributed by atoms with Gasteiger partial charge in [-0.15, -0.1) is 0 Å². The number of carbonyl (C=O) groups excluding carboxylic acids is 3. The number of aryl methyl sites for hydroxylation is 2. The fourth-order valence-electron chi connectivity index (χ4n) is 2.36. The number of benzene rings is 2. The quantitative estimate of drug-likeness (QED) is 0.488. The fourth-order valence-corrected chi connectivity index (χ4v) is 2.36. The van der Waals surface area contributed by atoms with E-state index in [9.17, 15) is 27.6 Å². The maximum absolute atomic E-state index is 13.5. The zero-order chi connectivity index (χ0) is 23.1. The SMILES string of the molecule is Cc1ccc(OCC(=O)OC(C)C(=O)NCC(=O)Nc2ccc(F)c(F)c2F)cc1C. The number of rotatable bonds is 8. The van der Waals surface area contributed by atoms with Gasteiger partial charge in [-0.25, -0.2) is 18.0 Å². The molecule has 31 heavy (non-hydrogen) atoms. The normalized spacial score (nSPS) is 11.4. The smallest absolute Gasteiger partial charge is 0.344 e. The standard InChI is InChI=1S/C21H21F3N2O5/c1-11-4-5-14(8-12(11)2)30-10-18(28)31-13(3)21(29)25-9-17(27)26-16-7-6-15(22)19(23)20(16)24/h4-8,13H,9-10H2,1-3H3,(H,25,29)(H,26,27). The lowest BCUT2D eigenvalue weighted by Gasteiger charge is -2.14. The van der Waals surface area contributed by atoms with E-state index in [2.05, 4.69) is 5.32 Å². The molecular formula is C21H21F3N2O5. The second kappa shape index (κ2) is 10.5. The summed E-state index contributed by atoms with van der Waals surface area (Å²) in [5, 5.41) is 4.18. The van der Waals surface area contributed by atoms with Crippen molar-refractivity contribution in [1.29, 1.82) is 0 Å². The Morgan fingerprint density at radius 2 is 1.71 bits per heavy atom. The van der Waals surface area contributed by atoms with Crippen LogP contribution in [0.5, 0.6) is 5.75 Å². The minimum Gasteiger partial charge on any atom is -0.482 e. The predicted molar refractivity (Wildman–Crippen MR) is 105 cm³/mol. The van der Waals surface area contributed by atoms with Gasteiger partial charge in [0.1, 0.15) is 5.75 Å². The third kappa shape index (κ3) is 6.73. The molecule has 0 aliphatic heterocycles. The third-order valence-corrected chi connectivity index (χ3v) is 4.24. The third-order valence-electron chi connectivity index (χ3n) is 4.24. The van der Waals surface area contributed by atoms with Crippen LogP contribution in [0.3, 0.4) is 0 Å². The summed E-state index contributed by atoms with van der Waals surface area (Å²) in [7, 11) is 0. The van der Waals surface area contributed by atoms with Gasteiger partial charge < -0.3 is 20.1 Å². The number of anilines is 1. The van der Waals surface area contributed by atoms with Crippen LogP contribution in [0.2, 0.25) is 0 Å². The first-order valence-corrected chi connectivity index (χ1v) is 9.19. The molecule has 0 spiro atoms. The maximum Gasteiger partial charge on any atom is 0.344 e. The number of halogens is 3. The Bertz CT molecular complexity index is 997. The number of hydrogen-bond acceptors (Lipinski definition) is 5. The van der Waals surface area contributed by atoms with Crippen LogP contribution in [0.25, 0.3) is 0 Å². The van der Waals surface area contributed by atoms with Gasteiger partial charge in [0, 0.05) is 0 Å². The Labute approximate surface area is 176 Å². The Hall–Kier alpha value is -3.56. The Morgan fingerprint density at radius 1 is 1.00 bits per heavy atom. The van der Waals surface area contributed by atoms with Crippen molar-refractivity contribution in [1.82, 2.24) is 5.32 Å². The highest BCUT2D eigenvalue weighted by atomic mass is 19.2. The molecule has 2 aromatic carbocycles. The van der Waals surface area contributed by atoms with E-state index in [0.717, 1.165) is 17.2 Å². The van der Waals surface area contributed by atoms with Gasteiger partial charge in [-0.05, 0) is 56.2 Å². The predicted octanol–water partition coefficient (Wildman–Crippen LogP) is 2.79. The van der Waals surface area contributed by atoms with E-state index in [4.69, 9.17) is 9.47 Å². The highest BCUT2D eigenvalue weighted by Gasteiger charge is 2.20. The van der Waals surface area contributed by atoms with Crippen LogP contribution in [0.15, 0.2) is 30.3 Å². The summed E-state index contributed by atoms with van der Waals surface area (Å²) in [6, 6.07) is 6.78. The minimum atomic E-state index is -1.73. The Balaban J connectivity index is 1.77. The maximum atomic E-state index is 13.5. The number of hydrogen-bond donors (Lipinski definition) is 2. The highest BCUT2D eigenvalue weighted by Crippen LogP contribution is 2.19. The van der Waals surface area contributed by atoms with Gasteiger partial charge in [0.05, 0.1) is 12.2 Å². The van der Waals surface area contributed by atoms with Gasteiger partial charge in [0.15, 0.2) is 30.2 Å². The fraction of sp³-hybridized carbons (Fsp3) is 0.286. The van der Waals surface area contributed by atoms with Crippen molar-refractivity contribution in [3.63, 3.8) is 0 Å². The average molecular weight is 438 g/mol. The molecule has 2 amide bonds. The zero-order valence-electron chi connectivity index (χ0n) is 17.1. The molecule has 1 unspecified atom stereocenters. The largest absolute Gasteiger partial charge is 0.482 e. The molecular weight excluding hydrogens is 417 g/mol. The monoisotopic (exact) mass is 438 g/mol. The molecule has 0 radical (unpaired) electrons. The van der Waals surface area contributed by atoms with Crippen molar-refractivity contribution in [2.45, 2.75) is 26.9 Å². The molecule has 2 rings (SSSR count). The van der Waals surface area contributed by atoms with Gasteiger partial charge in [-0.2, -0.15) is 0 Å². The van der Waals surface area contributed by atoms with E-state index in [1.807, 2.05) is 25.2 Å². The second-order valence-electron chi connectivity index (χ2n) is 6.66. The molecule has 0 aliphatic carbocycles. The number of nitrogens with one attached hydrogen (secondary N) is 2. The molecule has 0 fully saturated rings. The summed E-state index contributed by atoms with van der Waals surface area (Å²) in [6.45, 7) is 4.08. The molecule has 0 saturated carbocycles. The molecule has 10 heteroatoms. The molecule has 0 aliphatic rings. The van der Waals surface area contributed by atoms with Crippen LogP contribution in [0.1, 0.15) is 18.1 Å². The van der Waals surface area contributed by atoms with Crippen LogP contribution in [0, 0.1) is 31.3 Å². The van der Waals surface area contributed by atoms with Gasteiger partial charge in [-0.1, -0.05) is 6.07 Å². The molecule has 0 heterocycles. The van der Waals surface area contributed by atoms with Crippen molar-refractivity contribution in [3.8, 4) is 5.75 Å². The van der Waals surface area contributed by atoms with Crippen molar-refractivity contribution in [2.24, 2.45) is 0 Å². The summed E-state index contributed by atoms with van der Waals surface area (Å²) in [6.07, 6.45) is -1.23. The number of esters is 1. The first-order chi connectivity index (χ1) is 14.6. The summed E-state index contributed by atoms with van der Waals surface area (Å²) in [5.74, 6) is -6.71. The van der Waals surface area contributed by atoms with E-state index < -0.39 is 60.2 Å². The Morgan fingerprint density at radius 3 is 2.39 bits per heavy atom. The van der Waals surface area contributed by atoms with Gasteiger partial charge in [-0.3, -0.25) is 9.59 Å². The lowest BCUT2D eigenvalue weighted by molar-refractivity contribution is -0.156. The number of ether oxygens (including phenoxy) is 2. The summed E-state index contributed by atoms with van der Waals surface area (Å²) in [5.41, 5.74) is 1.47. The molecule has 0 saturated heterocycles. The molecule has 1 atom stereocenters. The van der Waals surface area contributed by atoms with Crippen molar-refractivity contribution < 1.29 is 37.0 Å². The van der Waals surface area contributed by atoms with Crippen LogP contribution < -0.4 is 15.4 Å². The molecule has 2 N–H and O–H groups in total. The average Bonchev–Trinajstić information content (AvgIpc) is 2.73. The minimum absolute atomic E-state index is 0.421. The molecule has 2 aromatic rings. The lowest BCUT2D eigenvalue weighted by atomic mass is 10.1. The van der Waals surface area contributed by atoms with Crippen LogP contribution in [-0.4, -0.2) is 37.0 Å². The van der Waals surface area contributed by atoms with Crippen molar-refractivity contribution in [2.75, 3.05) is 18.5 Å². The summed E-state index contributed by atoms with van der Waals surface area (Å²) < 4.78 is 49.8. The Kier molecular flexibility index (Phi) is 8.00. The second-order valence-corrected chi connectivity index (χ2v) is 6.66. The van der Waals surface area contributed by atoms with E-state index >= 15 is 0 Å². The van der Waals surface area contributed by atoms with Gasteiger partial charge in [0.2, 0.25) is 5.91 Å². The molecule has 7 nitrogen and oxygen atoms in total. The molecule has 0 aromatic heterocycles. The van der Waals surface area contributed by atoms with Gasteiger partial charge in [0.25, 0.3) is 5.91 Å². The summed E-state index contributed by atoms with van der Waals surface area (Å²) in [4.78, 5) is 35.6. The van der Waals surface area contributed by atoms with Crippen molar-refractivity contribution >= 4 is 23.5 Å². The number of amides is 2. The zero-order valence-corrected chi connectivity index (χ0v) is 17.1. The van der Waals surface area contributed by atoms with Crippen molar-refractivity contribution in [3.05, 3.63) is 58.9 Å². The van der Waals surface area contributed by atoms with Crippen LogP contribution in [0.4, 0.5) is 18.9 Å². The molecule has 0 bridgehead atoms. The topological polar surface area (TPSA) is 93.7 Å². The summed E-state index contributed by atoms with van der Waals surface area (Å²) >= 11 is 0. The van der Waals surface area contributed by atoms with E-state index in [1.165, 1.54) is 6.92 Å². The number of carbonyl (C=O) groups is 3. The first-order valence-electron chi connectivity index (χ1n) is 9.19. The van der Waals surface area contributed by atoms with E-state index in [-0.39, 0.29) is 0 Å². The van der Waals surface area contributed by atoms with Crippen LogP contribution in [-0.2, 0) is 19.1 Å². The van der Waals surface area contributed by atoms with Crippen LogP contribution >= 0.6 is 0 Å². The van der Waals surface area contributed by atoms with Gasteiger partial charge >= 0.3 is 5.97 Å². The van der Waals surface area contributed by atoms with E-state index in [0.29, 0.717) is 11.8 Å². The van der Waals surface area contributed by atoms with E-state index in [1.54, 1.807) is 12.1 Å².